The molecule has 1 atom stereocenters. The predicted molar refractivity (Wildman–Crippen MR) is 95.7 cm³/mol. The molecule has 0 saturated heterocycles. The van der Waals surface area contributed by atoms with E-state index in [0.29, 0.717) is 10.8 Å². The number of carbonyl (C=O) groups is 1. The second-order valence-electron chi connectivity index (χ2n) is 4.90. The third-order valence-corrected chi connectivity index (χ3v) is 3.56. The Kier molecular flexibility index (Phi) is 6.38. The Bertz CT molecular complexity index is 662. The highest BCUT2D eigenvalue weighted by Gasteiger charge is 2.09. The van der Waals surface area contributed by atoms with Crippen LogP contribution in [0.4, 0.5) is 0 Å². The van der Waals surface area contributed by atoms with Crippen LogP contribution < -0.4 is 15.4 Å². The maximum absolute atomic E-state index is 11.8. The molecule has 0 spiro atoms. The molecule has 0 fully saturated rings. The lowest BCUT2D eigenvalue weighted by molar-refractivity contribution is -0.121. The molecule has 0 aromatic heterocycles. The van der Waals surface area contributed by atoms with E-state index in [2.05, 4.69) is 10.6 Å². The number of hydrogen-bond donors (Lipinski definition) is 2. The van der Waals surface area contributed by atoms with E-state index in [9.17, 15) is 4.79 Å². The summed E-state index contributed by atoms with van der Waals surface area (Å²) in [6, 6.07) is 16.6. The van der Waals surface area contributed by atoms with Gasteiger partial charge in [-0.25, -0.2) is 0 Å². The lowest BCUT2D eigenvalue weighted by atomic mass is 10.1. The van der Waals surface area contributed by atoms with Crippen molar-refractivity contribution < 1.29 is 9.53 Å². The van der Waals surface area contributed by atoms with Gasteiger partial charge in [-0.3, -0.25) is 4.79 Å². The van der Waals surface area contributed by atoms with E-state index in [0.717, 1.165) is 5.56 Å². The Hall–Kier alpha value is -2.11. The number of carbonyl (C=O) groups excluding carboxylic acids is 1. The van der Waals surface area contributed by atoms with E-state index < -0.39 is 0 Å². The topological polar surface area (TPSA) is 50.4 Å². The van der Waals surface area contributed by atoms with Crippen LogP contribution in [0.15, 0.2) is 54.6 Å². The first-order valence-electron chi connectivity index (χ1n) is 7.08. The van der Waals surface area contributed by atoms with Gasteiger partial charge in [0.15, 0.2) is 11.7 Å². The largest absolute Gasteiger partial charge is 0.484 e. The minimum atomic E-state index is -0.322. The third kappa shape index (κ3) is 5.88. The summed E-state index contributed by atoms with van der Waals surface area (Å²) in [6.45, 7) is 1.85. The summed E-state index contributed by atoms with van der Waals surface area (Å²) in [5.74, 6) is 0.249. The van der Waals surface area contributed by atoms with Crippen molar-refractivity contribution in [3.05, 3.63) is 65.2 Å². The van der Waals surface area contributed by atoms with E-state index in [1.165, 1.54) is 0 Å². The zero-order valence-electron chi connectivity index (χ0n) is 12.6. The minimum Gasteiger partial charge on any atom is -0.484 e. The van der Waals surface area contributed by atoms with Crippen molar-refractivity contribution in [2.75, 3.05) is 6.61 Å². The number of ether oxygens (including phenoxy) is 1. The molecule has 120 valence electrons. The smallest absolute Gasteiger partial charge is 0.264 e. The summed E-state index contributed by atoms with van der Waals surface area (Å²) in [4.78, 5) is 11.8. The van der Waals surface area contributed by atoms with E-state index >= 15 is 0 Å². The van der Waals surface area contributed by atoms with Gasteiger partial charge in [-0.05, 0) is 49.0 Å². The van der Waals surface area contributed by atoms with Crippen LogP contribution in [0.1, 0.15) is 18.5 Å². The molecular weight excluding hydrogens is 332 g/mol. The number of halogens is 1. The second kappa shape index (κ2) is 8.50. The average molecular weight is 349 g/mol. The van der Waals surface area contributed by atoms with Crippen LogP contribution in [-0.4, -0.2) is 17.6 Å². The number of thiocarbonyl (C=S) groups is 1. The lowest BCUT2D eigenvalue weighted by Crippen LogP contribution is -2.42. The van der Waals surface area contributed by atoms with Crippen molar-refractivity contribution >= 4 is 34.8 Å². The maximum Gasteiger partial charge on any atom is 0.264 e. The van der Waals surface area contributed by atoms with Gasteiger partial charge < -0.3 is 15.4 Å². The van der Waals surface area contributed by atoms with Gasteiger partial charge in [0.05, 0.1) is 6.04 Å². The number of amides is 1. The van der Waals surface area contributed by atoms with Crippen molar-refractivity contribution in [1.82, 2.24) is 10.6 Å². The third-order valence-electron chi connectivity index (χ3n) is 3.08. The van der Waals surface area contributed by atoms with Crippen molar-refractivity contribution in [2.24, 2.45) is 0 Å². The van der Waals surface area contributed by atoms with Crippen molar-refractivity contribution in [3.8, 4) is 5.75 Å². The van der Waals surface area contributed by atoms with Crippen LogP contribution in [0.2, 0.25) is 5.02 Å². The maximum atomic E-state index is 11.8. The summed E-state index contributed by atoms with van der Waals surface area (Å²) < 4.78 is 5.36. The molecule has 0 radical (unpaired) electrons. The van der Waals surface area contributed by atoms with Crippen molar-refractivity contribution in [1.29, 1.82) is 0 Å². The molecule has 2 aromatic carbocycles. The number of rotatable bonds is 5. The lowest BCUT2D eigenvalue weighted by Gasteiger charge is -2.16. The Labute approximate surface area is 145 Å². The van der Waals surface area contributed by atoms with Crippen LogP contribution in [0.3, 0.4) is 0 Å². The zero-order valence-corrected chi connectivity index (χ0v) is 14.2. The molecule has 2 aromatic rings. The molecular formula is C17H17ClN2O2S. The van der Waals surface area contributed by atoms with E-state index in [-0.39, 0.29) is 23.7 Å². The molecule has 2 rings (SSSR count). The normalized spacial score (nSPS) is 11.4. The van der Waals surface area contributed by atoms with Gasteiger partial charge in [-0.2, -0.15) is 0 Å². The first-order valence-corrected chi connectivity index (χ1v) is 7.87. The molecule has 23 heavy (non-hydrogen) atoms. The van der Waals surface area contributed by atoms with Crippen molar-refractivity contribution in [2.45, 2.75) is 13.0 Å². The molecule has 4 nitrogen and oxygen atoms in total. The predicted octanol–water partition coefficient (Wildman–Crippen LogP) is 3.47. The van der Waals surface area contributed by atoms with Gasteiger partial charge in [0, 0.05) is 5.02 Å². The van der Waals surface area contributed by atoms with Gasteiger partial charge >= 0.3 is 0 Å². The summed E-state index contributed by atoms with van der Waals surface area (Å²) >= 11 is 10.9. The first kappa shape index (κ1) is 17.2. The van der Waals surface area contributed by atoms with Crippen LogP contribution in [-0.2, 0) is 4.79 Å². The Balaban J connectivity index is 1.76. The summed E-state index contributed by atoms with van der Waals surface area (Å²) in [6.07, 6.45) is 0. The zero-order chi connectivity index (χ0) is 16.7. The molecule has 0 aliphatic rings. The first-order chi connectivity index (χ1) is 11.0. The molecule has 1 amide bonds. The summed E-state index contributed by atoms with van der Waals surface area (Å²) in [5, 5.41) is 6.53. The highest BCUT2D eigenvalue weighted by molar-refractivity contribution is 7.80. The molecule has 0 aliphatic heterocycles. The number of nitrogens with one attached hydrogen (secondary N) is 2. The molecule has 2 N–H and O–H groups in total. The number of benzene rings is 2. The average Bonchev–Trinajstić information content (AvgIpc) is 2.55. The van der Waals surface area contributed by atoms with Crippen LogP contribution in [0.5, 0.6) is 5.75 Å². The van der Waals surface area contributed by atoms with Gasteiger partial charge in [0.1, 0.15) is 5.75 Å². The van der Waals surface area contributed by atoms with Crippen LogP contribution in [0, 0.1) is 0 Å². The quantitative estimate of drug-likeness (QED) is 0.812. The fourth-order valence-corrected chi connectivity index (χ4v) is 2.32. The fourth-order valence-electron chi connectivity index (χ4n) is 1.90. The van der Waals surface area contributed by atoms with Gasteiger partial charge in [0.25, 0.3) is 5.91 Å². The SMILES string of the molecule is CC(NC(=S)NC(=O)COc1ccc(Cl)cc1)c1ccccc1. The van der Waals surface area contributed by atoms with Crippen LogP contribution in [0.25, 0.3) is 0 Å². The fraction of sp³-hybridized carbons (Fsp3) is 0.176. The van der Waals surface area contributed by atoms with Crippen LogP contribution >= 0.6 is 23.8 Å². The highest BCUT2D eigenvalue weighted by Crippen LogP contribution is 2.15. The Morgan fingerprint density at radius 3 is 2.48 bits per heavy atom. The molecule has 1 unspecified atom stereocenters. The monoisotopic (exact) mass is 348 g/mol. The molecule has 0 heterocycles. The van der Waals surface area contributed by atoms with E-state index in [1.807, 2.05) is 37.3 Å². The number of hydrogen-bond acceptors (Lipinski definition) is 3. The van der Waals surface area contributed by atoms with E-state index in [4.69, 9.17) is 28.6 Å². The van der Waals surface area contributed by atoms with Crippen molar-refractivity contribution in [3.63, 3.8) is 0 Å². The second-order valence-corrected chi connectivity index (χ2v) is 5.74. The molecule has 0 saturated carbocycles. The Morgan fingerprint density at radius 2 is 1.83 bits per heavy atom. The Morgan fingerprint density at radius 1 is 1.17 bits per heavy atom. The van der Waals surface area contributed by atoms with Gasteiger partial charge in [-0.15, -0.1) is 0 Å². The summed E-state index contributed by atoms with van der Waals surface area (Å²) in [5.41, 5.74) is 1.08. The van der Waals surface area contributed by atoms with Gasteiger partial charge in [-0.1, -0.05) is 41.9 Å². The standard InChI is InChI=1S/C17H17ClN2O2S/c1-12(13-5-3-2-4-6-13)19-17(23)20-16(21)11-22-15-9-7-14(18)8-10-15/h2-10,12H,11H2,1H3,(H2,19,20,21,23). The minimum absolute atomic E-state index is 0.00110. The highest BCUT2D eigenvalue weighted by atomic mass is 35.5. The van der Waals surface area contributed by atoms with Gasteiger partial charge in [0.2, 0.25) is 0 Å². The van der Waals surface area contributed by atoms with E-state index in [1.54, 1.807) is 24.3 Å². The molecule has 0 aliphatic carbocycles. The summed E-state index contributed by atoms with van der Waals surface area (Å²) in [7, 11) is 0. The molecule has 0 bridgehead atoms. The molecule has 6 heteroatoms.